The Morgan fingerprint density at radius 3 is 2.41 bits per heavy atom. The first-order valence-electron chi connectivity index (χ1n) is 9.19. The number of amides is 1. The minimum Gasteiger partial charge on any atom is -0.497 e. The fourth-order valence-electron chi connectivity index (χ4n) is 2.97. The van der Waals surface area contributed by atoms with Crippen LogP contribution in [-0.2, 0) is 14.3 Å². The van der Waals surface area contributed by atoms with Crippen molar-refractivity contribution in [3.05, 3.63) is 66.2 Å². The Balaban J connectivity index is 1.61. The summed E-state index contributed by atoms with van der Waals surface area (Å²) in [6.07, 6.45) is 0. The van der Waals surface area contributed by atoms with Crippen LogP contribution < -0.4 is 14.8 Å². The molecule has 0 bridgehead atoms. The van der Waals surface area contributed by atoms with Crippen LogP contribution in [0.15, 0.2) is 60.7 Å². The number of nitrogens with one attached hydrogen (secondary N) is 1. The molecule has 6 heteroatoms. The summed E-state index contributed by atoms with van der Waals surface area (Å²) in [6, 6.07) is 18.5. The third-order valence-electron chi connectivity index (χ3n) is 4.65. The molecule has 0 saturated heterocycles. The summed E-state index contributed by atoms with van der Waals surface area (Å²) in [5.41, 5.74) is 1.34. The molecule has 1 atom stereocenters. The zero-order chi connectivity index (χ0) is 20.8. The Kier molecular flexibility index (Phi) is 6.34. The highest BCUT2D eigenvalue weighted by molar-refractivity contribution is 5.94. The first-order valence-corrected chi connectivity index (χ1v) is 9.19. The molecule has 0 fully saturated rings. The Morgan fingerprint density at radius 1 is 0.931 bits per heavy atom. The molecule has 1 N–H and O–H groups in total. The van der Waals surface area contributed by atoms with E-state index in [4.69, 9.17) is 14.2 Å². The fraction of sp³-hybridized carbons (Fsp3) is 0.217. The molecule has 3 aromatic rings. The molecule has 3 aromatic carbocycles. The molecule has 0 aliphatic heterocycles. The number of methoxy groups -OCH3 is 2. The van der Waals surface area contributed by atoms with Crippen LogP contribution in [-0.4, -0.2) is 32.7 Å². The predicted octanol–water partition coefficient (Wildman–Crippen LogP) is 4.14. The number of hydrogen-bond donors (Lipinski definition) is 1. The van der Waals surface area contributed by atoms with Crippen molar-refractivity contribution >= 4 is 28.3 Å². The van der Waals surface area contributed by atoms with Crippen LogP contribution in [0.25, 0.3) is 10.8 Å². The first kappa shape index (κ1) is 20.2. The standard InChI is InChI=1S/C23H23NO5/c1-15(16-8-9-18-13-19(27-2)11-10-17(18)12-16)23(26)29-14-22(25)24-20-6-4-5-7-21(20)28-3/h4-13,15H,14H2,1-3H3,(H,24,25)/t15-/m0/s1. The molecular formula is C23H23NO5. The molecule has 3 rings (SSSR count). The summed E-state index contributed by atoms with van der Waals surface area (Å²) in [5, 5.41) is 4.69. The highest BCUT2D eigenvalue weighted by atomic mass is 16.5. The van der Waals surface area contributed by atoms with Gasteiger partial charge in [0.05, 0.1) is 25.8 Å². The van der Waals surface area contributed by atoms with Gasteiger partial charge in [-0.1, -0.05) is 36.4 Å². The number of carbonyl (C=O) groups excluding carboxylic acids is 2. The molecule has 0 saturated carbocycles. The number of rotatable bonds is 7. The van der Waals surface area contributed by atoms with Gasteiger partial charge in [0.25, 0.3) is 5.91 Å². The van der Waals surface area contributed by atoms with Crippen LogP contribution in [0.1, 0.15) is 18.4 Å². The second-order valence-corrected chi connectivity index (χ2v) is 6.55. The monoisotopic (exact) mass is 393 g/mol. The molecule has 0 aliphatic rings. The number of anilines is 1. The number of ether oxygens (including phenoxy) is 3. The maximum Gasteiger partial charge on any atom is 0.313 e. The lowest BCUT2D eigenvalue weighted by molar-refractivity contribution is -0.148. The zero-order valence-corrected chi connectivity index (χ0v) is 16.6. The number of para-hydroxylation sites is 2. The van der Waals surface area contributed by atoms with Crippen molar-refractivity contribution in [2.45, 2.75) is 12.8 Å². The molecular weight excluding hydrogens is 370 g/mol. The molecule has 0 aromatic heterocycles. The van der Waals surface area contributed by atoms with E-state index < -0.39 is 17.8 Å². The molecule has 150 valence electrons. The van der Waals surface area contributed by atoms with E-state index in [1.165, 1.54) is 7.11 Å². The van der Waals surface area contributed by atoms with Gasteiger partial charge in [0.1, 0.15) is 11.5 Å². The van der Waals surface area contributed by atoms with Gasteiger partial charge in [-0.2, -0.15) is 0 Å². The van der Waals surface area contributed by atoms with E-state index in [1.807, 2.05) is 36.4 Å². The van der Waals surface area contributed by atoms with Gasteiger partial charge < -0.3 is 19.5 Å². The van der Waals surface area contributed by atoms with Gasteiger partial charge in [-0.25, -0.2) is 0 Å². The lowest BCUT2D eigenvalue weighted by Crippen LogP contribution is -2.23. The van der Waals surface area contributed by atoms with Crippen molar-refractivity contribution in [2.75, 3.05) is 26.1 Å². The molecule has 29 heavy (non-hydrogen) atoms. The van der Waals surface area contributed by atoms with Gasteiger partial charge in [0.2, 0.25) is 0 Å². The zero-order valence-electron chi connectivity index (χ0n) is 16.6. The summed E-state index contributed by atoms with van der Waals surface area (Å²) in [7, 11) is 3.14. The average molecular weight is 393 g/mol. The topological polar surface area (TPSA) is 73.9 Å². The van der Waals surface area contributed by atoms with Gasteiger partial charge in [0.15, 0.2) is 6.61 Å². The number of fused-ring (bicyclic) bond motifs is 1. The SMILES string of the molecule is COc1ccc2cc([C@H](C)C(=O)OCC(=O)Nc3ccccc3OC)ccc2c1. The van der Waals surface area contributed by atoms with Crippen LogP contribution in [0, 0.1) is 0 Å². The van der Waals surface area contributed by atoms with Gasteiger partial charge in [-0.3, -0.25) is 9.59 Å². The van der Waals surface area contributed by atoms with Crippen molar-refractivity contribution < 1.29 is 23.8 Å². The van der Waals surface area contributed by atoms with E-state index in [2.05, 4.69) is 5.32 Å². The van der Waals surface area contributed by atoms with Crippen molar-refractivity contribution in [3.63, 3.8) is 0 Å². The first-order chi connectivity index (χ1) is 14.0. The molecule has 0 unspecified atom stereocenters. The summed E-state index contributed by atoms with van der Waals surface area (Å²) in [5.74, 6) is -0.0821. The van der Waals surface area contributed by atoms with E-state index in [9.17, 15) is 9.59 Å². The van der Waals surface area contributed by atoms with Gasteiger partial charge in [-0.05, 0) is 47.5 Å². The number of benzene rings is 3. The summed E-state index contributed by atoms with van der Waals surface area (Å²) >= 11 is 0. The highest BCUT2D eigenvalue weighted by Crippen LogP contribution is 2.26. The maximum absolute atomic E-state index is 12.4. The van der Waals surface area contributed by atoms with Crippen molar-refractivity contribution in [1.82, 2.24) is 0 Å². The van der Waals surface area contributed by atoms with E-state index in [-0.39, 0.29) is 6.61 Å². The summed E-state index contributed by atoms with van der Waals surface area (Å²) < 4.78 is 15.6. The smallest absolute Gasteiger partial charge is 0.313 e. The van der Waals surface area contributed by atoms with E-state index in [0.29, 0.717) is 11.4 Å². The van der Waals surface area contributed by atoms with Crippen molar-refractivity contribution in [3.8, 4) is 11.5 Å². The van der Waals surface area contributed by atoms with Crippen molar-refractivity contribution in [2.24, 2.45) is 0 Å². The summed E-state index contributed by atoms with van der Waals surface area (Å²) in [4.78, 5) is 24.5. The largest absolute Gasteiger partial charge is 0.497 e. The maximum atomic E-state index is 12.4. The van der Waals surface area contributed by atoms with E-state index >= 15 is 0 Å². The van der Waals surface area contributed by atoms with Crippen molar-refractivity contribution in [1.29, 1.82) is 0 Å². The Morgan fingerprint density at radius 2 is 1.66 bits per heavy atom. The van der Waals surface area contributed by atoms with Gasteiger partial charge in [-0.15, -0.1) is 0 Å². The summed E-state index contributed by atoms with van der Waals surface area (Å²) in [6.45, 7) is 1.39. The minimum atomic E-state index is -0.499. The lowest BCUT2D eigenvalue weighted by atomic mass is 9.98. The molecule has 0 radical (unpaired) electrons. The number of hydrogen-bond acceptors (Lipinski definition) is 5. The fourth-order valence-corrected chi connectivity index (χ4v) is 2.97. The highest BCUT2D eigenvalue weighted by Gasteiger charge is 2.19. The number of carbonyl (C=O) groups is 2. The average Bonchev–Trinajstić information content (AvgIpc) is 2.76. The van der Waals surface area contributed by atoms with Crippen LogP contribution in [0.2, 0.25) is 0 Å². The second-order valence-electron chi connectivity index (χ2n) is 6.55. The van der Waals surface area contributed by atoms with Crippen LogP contribution >= 0.6 is 0 Å². The predicted molar refractivity (Wildman–Crippen MR) is 111 cm³/mol. The van der Waals surface area contributed by atoms with E-state index in [0.717, 1.165) is 22.1 Å². The van der Waals surface area contributed by atoms with Crippen LogP contribution in [0.3, 0.4) is 0 Å². The van der Waals surface area contributed by atoms with Crippen LogP contribution in [0.4, 0.5) is 5.69 Å². The van der Waals surface area contributed by atoms with Gasteiger partial charge >= 0.3 is 5.97 Å². The van der Waals surface area contributed by atoms with E-state index in [1.54, 1.807) is 38.3 Å². The molecule has 0 spiro atoms. The second kappa shape index (κ2) is 9.10. The van der Waals surface area contributed by atoms with Crippen LogP contribution in [0.5, 0.6) is 11.5 Å². The molecule has 6 nitrogen and oxygen atoms in total. The quantitative estimate of drug-likeness (QED) is 0.611. The molecule has 0 heterocycles. The minimum absolute atomic E-state index is 0.369. The molecule has 1 amide bonds. The number of esters is 1. The third-order valence-corrected chi connectivity index (χ3v) is 4.65. The molecule has 0 aliphatic carbocycles. The Bertz CT molecular complexity index is 1030. The van der Waals surface area contributed by atoms with Gasteiger partial charge in [0, 0.05) is 0 Å². The Labute approximate surface area is 169 Å². The Hall–Kier alpha value is -3.54. The normalized spacial score (nSPS) is 11.6. The lowest BCUT2D eigenvalue weighted by Gasteiger charge is -2.14. The third kappa shape index (κ3) is 4.85.